The lowest BCUT2D eigenvalue weighted by molar-refractivity contribution is 0.0927. The standard InChI is InChI=1S/C18H19FN2O/c19-17-9-5-4-8-16(17)18(22)20-14-10-12-21(13-11-14)15-6-2-1-3-7-15/h1-9,14H,10-13H2,(H,20,22). The molecule has 1 saturated heterocycles. The molecule has 2 aromatic rings. The summed E-state index contributed by atoms with van der Waals surface area (Å²) in [6.45, 7) is 1.79. The van der Waals surface area contributed by atoms with E-state index in [1.165, 1.54) is 17.8 Å². The van der Waals surface area contributed by atoms with Crippen LogP contribution in [0, 0.1) is 5.82 Å². The van der Waals surface area contributed by atoms with Crippen molar-refractivity contribution in [2.24, 2.45) is 0 Å². The quantitative estimate of drug-likeness (QED) is 0.943. The Morgan fingerprint density at radius 1 is 1.00 bits per heavy atom. The van der Waals surface area contributed by atoms with Crippen molar-refractivity contribution in [3.63, 3.8) is 0 Å². The Balaban J connectivity index is 1.56. The fourth-order valence-electron chi connectivity index (χ4n) is 2.83. The average Bonchev–Trinajstić information content (AvgIpc) is 2.57. The number of nitrogens with zero attached hydrogens (tertiary/aromatic N) is 1. The van der Waals surface area contributed by atoms with Gasteiger partial charge in [0.15, 0.2) is 0 Å². The molecule has 114 valence electrons. The topological polar surface area (TPSA) is 32.3 Å². The van der Waals surface area contributed by atoms with E-state index in [-0.39, 0.29) is 17.5 Å². The third-order valence-electron chi connectivity index (χ3n) is 4.07. The van der Waals surface area contributed by atoms with Crippen molar-refractivity contribution in [1.82, 2.24) is 5.32 Å². The van der Waals surface area contributed by atoms with Gasteiger partial charge in [0.05, 0.1) is 5.56 Å². The summed E-state index contributed by atoms with van der Waals surface area (Å²) in [4.78, 5) is 14.4. The summed E-state index contributed by atoms with van der Waals surface area (Å²) < 4.78 is 13.6. The molecule has 1 aliphatic rings. The number of carbonyl (C=O) groups is 1. The molecule has 1 amide bonds. The van der Waals surface area contributed by atoms with Gasteiger partial charge in [-0.3, -0.25) is 4.79 Å². The number of nitrogens with one attached hydrogen (secondary N) is 1. The molecule has 0 atom stereocenters. The summed E-state index contributed by atoms with van der Waals surface area (Å²) in [5.41, 5.74) is 1.33. The number of benzene rings is 2. The number of anilines is 1. The minimum absolute atomic E-state index is 0.104. The summed E-state index contributed by atoms with van der Waals surface area (Å²) in [7, 11) is 0. The Bertz CT molecular complexity index is 637. The van der Waals surface area contributed by atoms with Gasteiger partial charge in [0, 0.05) is 24.8 Å². The van der Waals surface area contributed by atoms with Crippen molar-refractivity contribution in [2.75, 3.05) is 18.0 Å². The molecule has 1 N–H and O–H groups in total. The summed E-state index contributed by atoms with van der Waals surface area (Å²) in [6, 6.07) is 16.5. The average molecular weight is 298 g/mol. The lowest BCUT2D eigenvalue weighted by Gasteiger charge is -2.34. The second-order valence-electron chi connectivity index (χ2n) is 5.55. The molecule has 0 aliphatic carbocycles. The van der Waals surface area contributed by atoms with E-state index in [0.29, 0.717) is 0 Å². The third-order valence-corrected chi connectivity index (χ3v) is 4.07. The van der Waals surface area contributed by atoms with Crippen LogP contribution in [0.25, 0.3) is 0 Å². The number of amides is 1. The number of para-hydroxylation sites is 1. The number of hydrogen-bond acceptors (Lipinski definition) is 2. The van der Waals surface area contributed by atoms with Gasteiger partial charge in [-0.05, 0) is 37.1 Å². The largest absolute Gasteiger partial charge is 0.371 e. The van der Waals surface area contributed by atoms with Crippen LogP contribution >= 0.6 is 0 Å². The van der Waals surface area contributed by atoms with E-state index in [9.17, 15) is 9.18 Å². The molecule has 0 aromatic heterocycles. The predicted octanol–water partition coefficient (Wildman–Crippen LogP) is 3.22. The summed E-state index contributed by atoms with van der Waals surface area (Å²) in [6.07, 6.45) is 1.74. The minimum Gasteiger partial charge on any atom is -0.371 e. The van der Waals surface area contributed by atoms with E-state index in [1.807, 2.05) is 18.2 Å². The first-order valence-corrected chi connectivity index (χ1v) is 7.59. The van der Waals surface area contributed by atoms with Crippen LogP contribution < -0.4 is 10.2 Å². The summed E-state index contributed by atoms with van der Waals surface area (Å²) in [5, 5.41) is 2.94. The first kappa shape index (κ1) is 14.6. The molecule has 1 heterocycles. The van der Waals surface area contributed by atoms with Gasteiger partial charge in [-0.2, -0.15) is 0 Å². The SMILES string of the molecule is O=C(NC1CCN(c2ccccc2)CC1)c1ccccc1F. The first-order chi connectivity index (χ1) is 10.7. The molecular weight excluding hydrogens is 279 g/mol. The molecular formula is C18H19FN2O. The Hall–Kier alpha value is -2.36. The molecule has 0 spiro atoms. The zero-order valence-electron chi connectivity index (χ0n) is 12.3. The number of rotatable bonds is 3. The van der Waals surface area contributed by atoms with Crippen LogP contribution in [0.15, 0.2) is 54.6 Å². The number of halogens is 1. The maximum atomic E-state index is 13.6. The van der Waals surface area contributed by atoms with Crippen LogP contribution in [0.2, 0.25) is 0 Å². The van der Waals surface area contributed by atoms with Gasteiger partial charge in [0.25, 0.3) is 5.91 Å². The molecule has 22 heavy (non-hydrogen) atoms. The Kier molecular flexibility index (Phi) is 4.37. The van der Waals surface area contributed by atoms with Crippen molar-refractivity contribution in [3.8, 4) is 0 Å². The Labute approximate surface area is 129 Å². The smallest absolute Gasteiger partial charge is 0.254 e. The Morgan fingerprint density at radius 3 is 2.32 bits per heavy atom. The second kappa shape index (κ2) is 6.60. The van der Waals surface area contributed by atoms with E-state index < -0.39 is 5.82 Å². The molecule has 2 aromatic carbocycles. The fourth-order valence-corrected chi connectivity index (χ4v) is 2.83. The van der Waals surface area contributed by atoms with E-state index in [4.69, 9.17) is 0 Å². The van der Waals surface area contributed by atoms with Crippen molar-refractivity contribution in [3.05, 3.63) is 66.0 Å². The maximum absolute atomic E-state index is 13.6. The molecule has 1 aliphatic heterocycles. The van der Waals surface area contributed by atoms with E-state index >= 15 is 0 Å². The van der Waals surface area contributed by atoms with Gasteiger partial charge in [-0.25, -0.2) is 4.39 Å². The van der Waals surface area contributed by atoms with Crippen LogP contribution in [0.5, 0.6) is 0 Å². The van der Waals surface area contributed by atoms with Crippen LogP contribution in [-0.4, -0.2) is 25.0 Å². The van der Waals surface area contributed by atoms with Crippen LogP contribution in [-0.2, 0) is 0 Å². The van der Waals surface area contributed by atoms with Gasteiger partial charge < -0.3 is 10.2 Å². The first-order valence-electron chi connectivity index (χ1n) is 7.59. The molecule has 4 heteroatoms. The molecule has 0 saturated carbocycles. The molecule has 0 unspecified atom stereocenters. The fraction of sp³-hybridized carbons (Fsp3) is 0.278. The highest BCUT2D eigenvalue weighted by Crippen LogP contribution is 2.19. The second-order valence-corrected chi connectivity index (χ2v) is 5.55. The predicted molar refractivity (Wildman–Crippen MR) is 85.5 cm³/mol. The normalized spacial score (nSPS) is 15.6. The highest BCUT2D eigenvalue weighted by Gasteiger charge is 2.22. The van der Waals surface area contributed by atoms with Crippen LogP contribution in [0.4, 0.5) is 10.1 Å². The lowest BCUT2D eigenvalue weighted by atomic mass is 10.0. The zero-order chi connectivity index (χ0) is 15.4. The number of piperidine rings is 1. The monoisotopic (exact) mass is 298 g/mol. The van der Waals surface area contributed by atoms with Gasteiger partial charge in [0.2, 0.25) is 0 Å². The van der Waals surface area contributed by atoms with Gasteiger partial charge in [-0.15, -0.1) is 0 Å². The zero-order valence-corrected chi connectivity index (χ0v) is 12.3. The highest BCUT2D eigenvalue weighted by atomic mass is 19.1. The minimum atomic E-state index is -0.471. The summed E-state index contributed by atoms with van der Waals surface area (Å²) in [5.74, 6) is -0.794. The highest BCUT2D eigenvalue weighted by molar-refractivity contribution is 5.94. The number of hydrogen-bond donors (Lipinski definition) is 1. The van der Waals surface area contributed by atoms with Crippen LogP contribution in [0.1, 0.15) is 23.2 Å². The van der Waals surface area contributed by atoms with Crippen molar-refractivity contribution in [1.29, 1.82) is 0 Å². The van der Waals surface area contributed by atoms with Crippen molar-refractivity contribution in [2.45, 2.75) is 18.9 Å². The van der Waals surface area contributed by atoms with Crippen molar-refractivity contribution >= 4 is 11.6 Å². The lowest BCUT2D eigenvalue weighted by Crippen LogP contribution is -2.44. The van der Waals surface area contributed by atoms with Crippen molar-refractivity contribution < 1.29 is 9.18 Å². The maximum Gasteiger partial charge on any atom is 0.254 e. The van der Waals surface area contributed by atoms with Gasteiger partial charge in [-0.1, -0.05) is 30.3 Å². The van der Waals surface area contributed by atoms with Crippen LogP contribution in [0.3, 0.4) is 0 Å². The molecule has 3 nitrogen and oxygen atoms in total. The Morgan fingerprint density at radius 2 is 1.64 bits per heavy atom. The molecule has 3 rings (SSSR count). The molecule has 0 bridgehead atoms. The van der Waals surface area contributed by atoms with Gasteiger partial charge >= 0.3 is 0 Å². The molecule has 0 radical (unpaired) electrons. The third kappa shape index (κ3) is 3.27. The number of carbonyl (C=O) groups excluding carboxylic acids is 1. The molecule has 1 fully saturated rings. The summed E-state index contributed by atoms with van der Waals surface area (Å²) >= 11 is 0. The van der Waals surface area contributed by atoms with E-state index in [0.717, 1.165) is 25.9 Å². The van der Waals surface area contributed by atoms with E-state index in [2.05, 4.69) is 22.3 Å². The van der Waals surface area contributed by atoms with E-state index in [1.54, 1.807) is 12.1 Å². The van der Waals surface area contributed by atoms with Gasteiger partial charge in [0.1, 0.15) is 5.82 Å².